The summed E-state index contributed by atoms with van der Waals surface area (Å²) in [5.41, 5.74) is 1.82. The Balaban J connectivity index is 1.49. The molecule has 2 aromatic carbocycles. The van der Waals surface area contributed by atoms with Gasteiger partial charge in [-0.3, -0.25) is 9.59 Å². The molecular weight excluding hydrogens is 327 g/mol. The molecule has 128 valence electrons. The molecule has 25 heavy (non-hydrogen) atoms. The number of benzene rings is 2. The van der Waals surface area contributed by atoms with E-state index < -0.39 is 11.7 Å². The van der Waals surface area contributed by atoms with E-state index in [0.29, 0.717) is 29.3 Å². The van der Waals surface area contributed by atoms with Gasteiger partial charge in [0.05, 0.1) is 5.92 Å². The normalized spacial score (nSPS) is 17.6. The molecule has 7 heteroatoms. The third-order valence-corrected chi connectivity index (χ3v) is 4.27. The van der Waals surface area contributed by atoms with Gasteiger partial charge < -0.3 is 20.1 Å². The quantitative estimate of drug-likeness (QED) is 0.897. The van der Waals surface area contributed by atoms with Crippen LogP contribution in [0.4, 0.5) is 10.1 Å². The van der Waals surface area contributed by atoms with Crippen molar-refractivity contribution in [2.45, 2.75) is 18.9 Å². The number of nitrogens with one attached hydrogen (secondary N) is 2. The molecule has 2 amide bonds. The second-order valence-electron chi connectivity index (χ2n) is 5.94. The number of anilines is 1. The van der Waals surface area contributed by atoms with Gasteiger partial charge in [0.2, 0.25) is 18.6 Å². The van der Waals surface area contributed by atoms with Crippen molar-refractivity contribution >= 4 is 17.5 Å². The Hall–Kier alpha value is -3.09. The maximum atomic E-state index is 13.4. The summed E-state index contributed by atoms with van der Waals surface area (Å²) in [5.74, 6) is -0.361. The lowest BCUT2D eigenvalue weighted by Crippen LogP contribution is -2.34. The van der Waals surface area contributed by atoms with Crippen LogP contribution in [-0.4, -0.2) is 18.6 Å². The highest BCUT2D eigenvalue weighted by molar-refractivity contribution is 6.01. The fourth-order valence-electron chi connectivity index (χ4n) is 3.03. The summed E-state index contributed by atoms with van der Waals surface area (Å²) in [4.78, 5) is 24.4. The molecule has 0 bridgehead atoms. The number of carbonyl (C=O) groups is 2. The molecule has 0 aliphatic carbocycles. The molecule has 6 nitrogen and oxygen atoms in total. The van der Waals surface area contributed by atoms with Gasteiger partial charge >= 0.3 is 0 Å². The highest BCUT2D eigenvalue weighted by Gasteiger charge is 2.30. The fraction of sp³-hybridized carbons (Fsp3) is 0.222. The van der Waals surface area contributed by atoms with E-state index in [0.717, 1.165) is 5.56 Å². The van der Waals surface area contributed by atoms with Gasteiger partial charge in [-0.2, -0.15) is 0 Å². The second-order valence-corrected chi connectivity index (χ2v) is 5.94. The molecule has 0 radical (unpaired) electrons. The Morgan fingerprint density at radius 1 is 1.20 bits per heavy atom. The standard InChI is InChI=1S/C18H15FN2O4/c19-11-2-3-12-13(7-17(22)21-14(12)6-11)18(23)20-8-10-1-4-15-16(5-10)25-9-24-15/h1-6,13H,7-9H2,(H,20,23)(H,21,22). The van der Waals surface area contributed by atoms with E-state index in [1.54, 1.807) is 12.1 Å². The molecular formula is C18H15FN2O4. The van der Waals surface area contributed by atoms with Gasteiger partial charge in [0, 0.05) is 18.7 Å². The maximum absolute atomic E-state index is 13.4. The van der Waals surface area contributed by atoms with Crippen LogP contribution in [-0.2, 0) is 16.1 Å². The van der Waals surface area contributed by atoms with E-state index >= 15 is 0 Å². The predicted molar refractivity (Wildman–Crippen MR) is 86.8 cm³/mol. The first kappa shape index (κ1) is 15.4. The van der Waals surface area contributed by atoms with Crippen LogP contribution in [0.1, 0.15) is 23.5 Å². The average molecular weight is 342 g/mol. The van der Waals surface area contributed by atoms with Crippen molar-refractivity contribution in [1.29, 1.82) is 0 Å². The number of hydrogen-bond donors (Lipinski definition) is 2. The van der Waals surface area contributed by atoms with Crippen LogP contribution in [0.15, 0.2) is 36.4 Å². The summed E-state index contributed by atoms with van der Waals surface area (Å²) in [6.45, 7) is 0.486. The van der Waals surface area contributed by atoms with Crippen LogP contribution in [0.5, 0.6) is 11.5 Å². The van der Waals surface area contributed by atoms with Gasteiger partial charge in [0.25, 0.3) is 0 Å². The molecule has 0 fully saturated rings. The minimum absolute atomic E-state index is 0.0333. The van der Waals surface area contributed by atoms with E-state index in [1.807, 2.05) is 6.07 Å². The molecule has 2 aliphatic rings. The number of ether oxygens (including phenoxy) is 2. The van der Waals surface area contributed by atoms with E-state index in [2.05, 4.69) is 10.6 Å². The molecule has 2 heterocycles. The van der Waals surface area contributed by atoms with Crippen molar-refractivity contribution in [3.63, 3.8) is 0 Å². The van der Waals surface area contributed by atoms with E-state index in [-0.39, 0.29) is 25.0 Å². The Labute approximate surface area is 142 Å². The summed E-state index contributed by atoms with van der Waals surface area (Å²) in [6.07, 6.45) is 0.0333. The molecule has 0 aromatic heterocycles. The number of hydrogen-bond acceptors (Lipinski definition) is 4. The maximum Gasteiger partial charge on any atom is 0.231 e. The van der Waals surface area contributed by atoms with Crippen molar-refractivity contribution in [3.05, 3.63) is 53.3 Å². The van der Waals surface area contributed by atoms with Gasteiger partial charge in [0.15, 0.2) is 11.5 Å². The first-order valence-corrected chi connectivity index (χ1v) is 7.86. The Kier molecular flexibility index (Phi) is 3.76. The van der Waals surface area contributed by atoms with Crippen LogP contribution in [0.25, 0.3) is 0 Å². The fourth-order valence-corrected chi connectivity index (χ4v) is 3.03. The Bertz CT molecular complexity index is 868. The number of fused-ring (bicyclic) bond motifs is 2. The lowest BCUT2D eigenvalue weighted by molar-refractivity contribution is -0.126. The summed E-state index contributed by atoms with van der Waals surface area (Å²) < 4.78 is 23.9. The second kappa shape index (κ2) is 6.08. The monoisotopic (exact) mass is 342 g/mol. The summed E-state index contributed by atoms with van der Waals surface area (Å²) in [6, 6.07) is 9.48. The first-order chi connectivity index (χ1) is 12.1. The van der Waals surface area contributed by atoms with Gasteiger partial charge in [-0.25, -0.2) is 4.39 Å². The molecule has 4 rings (SSSR count). The number of carbonyl (C=O) groups excluding carboxylic acids is 2. The molecule has 2 aromatic rings. The van der Waals surface area contributed by atoms with Crippen LogP contribution < -0.4 is 20.1 Å². The summed E-state index contributed by atoms with van der Waals surface area (Å²) >= 11 is 0. The van der Waals surface area contributed by atoms with Gasteiger partial charge in [-0.15, -0.1) is 0 Å². The number of halogens is 1. The average Bonchev–Trinajstić information content (AvgIpc) is 3.06. The molecule has 2 aliphatic heterocycles. The van der Waals surface area contributed by atoms with Crippen molar-refractivity contribution < 1.29 is 23.5 Å². The van der Waals surface area contributed by atoms with E-state index in [4.69, 9.17) is 9.47 Å². The van der Waals surface area contributed by atoms with Crippen molar-refractivity contribution in [2.24, 2.45) is 0 Å². The Morgan fingerprint density at radius 2 is 2.04 bits per heavy atom. The van der Waals surface area contributed by atoms with E-state index in [9.17, 15) is 14.0 Å². The summed E-state index contributed by atoms with van der Waals surface area (Å²) in [7, 11) is 0. The van der Waals surface area contributed by atoms with Gasteiger partial charge in [-0.1, -0.05) is 12.1 Å². The molecule has 1 unspecified atom stereocenters. The largest absolute Gasteiger partial charge is 0.454 e. The number of amides is 2. The molecule has 0 saturated heterocycles. The van der Waals surface area contributed by atoms with Crippen molar-refractivity contribution in [3.8, 4) is 11.5 Å². The highest BCUT2D eigenvalue weighted by atomic mass is 19.1. The molecule has 2 N–H and O–H groups in total. The predicted octanol–water partition coefficient (Wildman–Crippen LogP) is 2.30. The first-order valence-electron chi connectivity index (χ1n) is 7.86. The number of rotatable bonds is 3. The Morgan fingerprint density at radius 3 is 2.92 bits per heavy atom. The minimum Gasteiger partial charge on any atom is -0.454 e. The zero-order chi connectivity index (χ0) is 17.4. The highest BCUT2D eigenvalue weighted by Crippen LogP contribution is 2.34. The van der Waals surface area contributed by atoms with Crippen molar-refractivity contribution in [1.82, 2.24) is 5.32 Å². The zero-order valence-electron chi connectivity index (χ0n) is 13.2. The lowest BCUT2D eigenvalue weighted by atomic mass is 9.89. The van der Waals surface area contributed by atoms with Gasteiger partial charge in [0.1, 0.15) is 5.82 Å². The topological polar surface area (TPSA) is 76.7 Å². The van der Waals surface area contributed by atoms with Crippen LogP contribution in [0.2, 0.25) is 0 Å². The SMILES string of the molecule is O=C1CC(C(=O)NCc2ccc3c(c2)OCO3)c2ccc(F)cc2N1. The third-order valence-electron chi connectivity index (χ3n) is 4.27. The smallest absolute Gasteiger partial charge is 0.231 e. The molecule has 0 saturated carbocycles. The molecule has 1 atom stereocenters. The summed E-state index contributed by atoms with van der Waals surface area (Å²) in [5, 5.41) is 5.43. The lowest BCUT2D eigenvalue weighted by Gasteiger charge is -2.25. The minimum atomic E-state index is -0.640. The van der Waals surface area contributed by atoms with Crippen LogP contribution in [0, 0.1) is 5.82 Å². The van der Waals surface area contributed by atoms with E-state index in [1.165, 1.54) is 18.2 Å². The zero-order valence-corrected chi connectivity index (χ0v) is 13.2. The molecule has 0 spiro atoms. The van der Waals surface area contributed by atoms with Gasteiger partial charge in [-0.05, 0) is 35.4 Å². The van der Waals surface area contributed by atoms with Crippen LogP contribution in [0.3, 0.4) is 0 Å². The van der Waals surface area contributed by atoms with Crippen LogP contribution >= 0.6 is 0 Å². The third kappa shape index (κ3) is 3.00. The van der Waals surface area contributed by atoms with Crippen molar-refractivity contribution in [2.75, 3.05) is 12.1 Å².